The van der Waals surface area contributed by atoms with E-state index < -0.39 is 12.0 Å². The van der Waals surface area contributed by atoms with Crippen LogP contribution in [0.25, 0.3) is 0 Å². The Bertz CT molecular complexity index is 159. The van der Waals surface area contributed by atoms with Crippen molar-refractivity contribution in [2.24, 2.45) is 10.8 Å². The molecule has 1 atom stereocenters. The van der Waals surface area contributed by atoms with Gasteiger partial charge in [-0.3, -0.25) is 10.2 Å². The van der Waals surface area contributed by atoms with E-state index in [0.717, 1.165) is 5.75 Å². The highest BCUT2D eigenvalue weighted by atomic mass is 32.2. The third kappa shape index (κ3) is 9.25. The van der Waals surface area contributed by atoms with Gasteiger partial charge in [-0.05, 0) is 18.4 Å². The molecule has 0 bridgehead atoms. The third-order valence-electron chi connectivity index (χ3n) is 1.08. The minimum Gasteiger partial charge on any atom is -0.480 e. The molecule has 4 N–H and O–H groups in total. The van der Waals surface area contributed by atoms with Crippen LogP contribution in [0.4, 0.5) is 0 Å². The zero-order chi connectivity index (χ0) is 9.40. The Morgan fingerprint density at radius 1 is 1.92 bits per heavy atom. The van der Waals surface area contributed by atoms with Crippen molar-refractivity contribution in [2.75, 3.05) is 12.0 Å². The Morgan fingerprint density at radius 3 is 2.67 bits per heavy atom. The van der Waals surface area contributed by atoms with Crippen LogP contribution in [0, 0.1) is 0 Å². The Labute approximate surface area is 75.4 Å². The first kappa shape index (κ1) is 11.2. The van der Waals surface area contributed by atoms with Crippen molar-refractivity contribution in [1.82, 2.24) is 5.43 Å². The van der Waals surface area contributed by atoms with E-state index in [1.807, 2.05) is 6.26 Å². The van der Waals surface area contributed by atoms with Gasteiger partial charge in [0.2, 0.25) is 0 Å². The summed E-state index contributed by atoms with van der Waals surface area (Å²) in [7, 11) is 0. The van der Waals surface area contributed by atoms with Crippen molar-refractivity contribution >= 4 is 24.1 Å². The molecule has 1 heterocycles. The van der Waals surface area contributed by atoms with E-state index in [1.165, 1.54) is 0 Å². The van der Waals surface area contributed by atoms with E-state index in [1.54, 1.807) is 18.1 Å². The van der Waals surface area contributed by atoms with Crippen molar-refractivity contribution in [3.63, 3.8) is 0 Å². The molecule has 1 aliphatic heterocycles. The summed E-state index contributed by atoms with van der Waals surface area (Å²) in [4.78, 5) is 10.1. The lowest BCUT2D eigenvalue weighted by molar-refractivity contribution is -0.138. The number of rotatable bonds is 4. The van der Waals surface area contributed by atoms with Gasteiger partial charge in [-0.2, -0.15) is 16.9 Å². The second-order valence-electron chi connectivity index (χ2n) is 2.11. The fourth-order valence-electron chi connectivity index (χ4n) is 0.368. The molecule has 0 saturated carbocycles. The summed E-state index contributed by atoms with van der Waals surface area (Å²) in [5, 5.41) is 11.6. The molecule has 0 aromatic rings. The van der Waals surface area contributed by atoms with Crippen LogP contribution >= 0.6 is 11.8 Å². The lowest BCUT2D eigenvalue weighted by Crippen LogP contribution is -2.30. The fraction of sp³-hybridized carbons (Fsp3) is 0.667. The molecule has 12 heavy (non-hydrogen) atoms. The molecular weight excluding hydrogens is 178 g/mol. The van der Waals surface area contributed by atoms with Gasteiger partial charge in [-0.25, -0.2) is 0 Å². The standard InChI is InChI=1S/C5H11NO2S.CH2N2/c1-9-3-2-4(6)5(7)8;1-2-3-1/h4H,2-3,6H2,1H3,(H,7,8);1H,(H,2,3)/t4-;/m0./s1. The number of aliphatic carboxylic acids is 1. The van der Waals surface area contributed by atoms with Crippen LogP contribution in [-0.2, 0) is 4.79 Å². The molecule has 0 fully saturated rings. The van der Waals surface area contributed by atoms with E-state index in [0.29, 0.717) is 6.42 Å². The number of nitrogens with zero attached hydrogens (tertiary/aromatic N) is 1. The molecule has 5 nitrogen and oxygen atoms in total. The van der Waals surface area contributed by atoms with Gasteiger partial charge < -0.3 is 10.8 Å². The molecule has 0 spiro atoms. The normalized spacial score (nSPS) is 13.8. The van der Waals surface area contributed by atoms with Gasteiger partial charge in [-0.15, -0.1) is 0 Å². The van der Waals surface area contributed by atoms with Crippen molar-refractivity contribution < 1.29 is 9.90 Å². The van der Waals surface area contributed by atoms with Gasteiger partial charge in [0.25, 0.3) is 0 Å². The van der Waals surface area contributed by atoms with E-state index in [-0.39, 0.29) is 0 Å². The Morgan fingerprint density at radius 2 is 2.42 bits per heavy atom. The highest BCUT2D eigenvalue weighted by Gasteiger charge is 2.08. The Kier molecular flexibility index (Phi) is 6.50. The summed E-state index contributed by atoms with van der Waals surface area (Å²) < 4.78 is 0. The number of carboxylic acid groups (broad SMARTS) is 1. The predicted octanol–water partition coefficient (Wildman–Crippen LogP) is -0.316. The molecule has 0 amide bonds. The summed E-state index contributed by atoms with van der Waals surface area (Å²) in [6, 6.07) is -0.683. The van der Waals surface area contributed by atoms with Crippen LogP contribution in [0.2, 0.25) is 0 Å². The Balaban J connectivity index is 0.000000330. The van der Waals surface area contributed by atoms with Crippen molar-refractivity contribution in [1.29, 1.82) is 0 Å². The van der Waals surface area contributed by atoms with E-state index in [9.17, 15) is 4.79 Å². The number of hydrogen-bond donors (Lipinski definition) is 3. The highest BCUT2D eigenvalue weighted by Crippen LogP contribution is 1.97. The van der Waals surface area contributed by atoms with Gasteiger partial charge in [0.05, 0.1) is 0 Å². The van der Waals surface area contributed by atoms with Crippen LogP contribution in [0.3, 0.4) is 0 Å². The maximum atomic E-state index is 10.1. The summed E-state index contributed by atoms with van der Waals surface area (Å²) in [6.45, 7) is 0. The van der Waals surface area contributed by atoms with Gasteiger partial charge in [0, 0.05) is 0 Å². The largest absolute Gasteiger partial charge is 0.480 e. The van der Waals surface area contributed by atoms with Gasteiger partial charge in [0.1, 0.15) is 12.4 Å². The van der Waals surface area contributed by atoms with E-state index in [2.05, 4.69) is 10.5 Å². The van der Waals surface area contributed by atoms with E-state index >= 15 is 0 Å². The lowest BCUT2D eigenvalue weighted by Gasteiger charge is -2.02. The minimum atomic E-state index is -0.913. The van der Waals surface area contributed by atoms with E-state index in [4.69, 9.17) is 10.8 Å². The second-order valence-corrected chi connectivity index (χ2v) is 3.10. The molecule has 1 aliphatic rings. The molecule has 0 aromatic heterocycles. The molecule has 0 aromatic carbocycles. The maximum Gasteiger partial charge on any atom is 0.320 e. The van der Waals surface area contributed by atoms with Crippen LogP contribution < -0.4 is 11.2 Å². The molecule has 0 unspecified atom stereocenters. The Hall–Kier alpha value is -0.750. The number of thioether (sulfide) groups is 1. The van der Waals surface area contributed by atoms with Gasteiger partial charge >= 0.3 is 5.97 Å². The van der Waals surface area contributed by atoms with Gasteiger partial charge in [0.15, 0.2) is 0 Å². The topological polar surface area (TPSA) is 97.6 Å². The summed E-state index contributed by atoms with van der Waals surface area (Å²) in [5.74, 6) is -0.1000. The first-order valence-corrected chi connectivity index (χ1v) is 4.82. The highest BCUT2D eigenvalue weighted by molar-refractivity contribution is 7.98. The molecule has 0 radical (unpaired) electrons. The summed E-state index contributed by atoms with van der Waals surface area (Å²) in [5.41, 5.74) is 7.69. The molecule has 70 valence electrons. The maximum absolute atomic E-state index is 10.1. The molecule has 6 heteroatoms. The molecule has 0 saturated heterocycles. The monoisotopic (exact) mass is 191 g/mol. The first-order chi connectivity index (χ1) is 5.68. The minimum absolute atomic E-state index is 0.552. The van der Waals surface area contributed by atoms with Crippen LogP contribution in [0.1, 0.15) is 6.42 Å². The van der Waals surface area contributed by atoms with Crippen molar-refractivity contribution in [2.45, 2.75) is 12.5 Å². The quantitative estimate of drug-likeness (QED) is 0.566. The SMILES string of the molecule is C1=NN1.CSCC[C@H](N)C(=O)O. The van der Waals surface area contributed by atoms with Crippen LogP contribution in [0.15, 0.2) is 5.10 Å². The number of hydrogen-bond acceptors (Lipinski definition) is 5. The number of hydrazone groups is 1. The lowest BCUT2D eigenvalue weighted by atomic mass is 10.2. The average molecular weight is 191 g/mol. The zero-order valence-electron chi connectivity index (χ0n) is 6.86. The number of carbonyl (C=O) groups is 1. The van der Waals surface area contributed by atoms with Crippen LogP contribution in [0.5, 0.6) is 0 Å². The predicted molar refractivity (Wildman–Crippen MR) is 50.2 cm³/mol. The van der Waals surface area contributed by atoms with Crippen molar-refractivity contribution in [3.05, 3.63) is 0 Å². The second kappa shape index (κ2) is 6.93. The average Bonchev–Trinajstić information content (AvgIpc) is 2.85. The van der Waals surface area contributed by atoms with Crippen molar-refractivity contribution in [3.8, 4) is 0 Å². The zero-order valence-corrected chi connectivity index (χ0v) is 7.67. The number of carboxylic acids is 1. The number of nitrogens with one attached hydrogen (secondary N) is 1. The molecule has 1 rings (SSSR count). The smallest absolute Gasteiger partial charge is 0.320 e. The summed E-state index contributed by atoms with van der Waals surface area (Å²) in [6.07, 6.45) is 4.10. The summed E-state index contributed by atoms with van der Waals surface area (Å²) >= 11 is 1.60. The third-order valence-corrected chi connectivity index (χ3v) is 1.72. The van der Waals surface area contributed by atoms with Crippen LogP contribution in [-0.4, -0.2) is 35.5 Å². The van der Waals surface area contributed by atoms with Gasteiger partial charge in [-0.1, -0.05) is 0 Å². The number of nitrogens with two attached hydrogens (primary N) is 1. The molecule has 0 aliphatic carbocycles. The molecular formula is C6H13N3O2S. The first-order valence-electron chi connectivity index (χ1n) is 3.43. The fourth-order valence-corrected chi connectivity index (χ4v) is 0.858.